The summed E-state index contributed by atoms with van der Waals surface area (Å²) in [6, 6.07) is 4.69. The molecule has 1 unspecified atom stereocenters. The first-order chi connectivity index (χ1) is 16.6. The molecule has 192 valence electrons. The summed E-state index contributed by atoms with van der Waals surface area (Å²) in [5.41, 5.74) is -1.97. The molecular weight excluding hydrogens is 561 g/mol. The van der Waals surface area contributed by atoms with Crippen LogP contribution in [0.25, 0.3) is 11.2 Å². The van der Waals surface area contributed by atoms with Gasteiger partial charge in [-0.25, -0.2) is 4.79 Å². The van der Waals surface area contributed by atoms with E-state index in [0.29, 0.717) is 24.8 Å². The van der Waals surface area contributed by atoms with Crippen molar-refractivity contribution in [2.45, 2.75) is 38.2 Å². The molecule has 0 fully saturated rings. The predicted octanol–water partition coefficient (Wildman–Crippen LogP) is 4.54. The number of aryl methyl sites for hydroxylation is 1. The standard InChI is InChI=1S/C21H23BrClF3N4O5/c1-3-5-15(23)30-16-17(28(2)20(32)29(18(16)31)9-11-33-10-8-22)27-19(30)34-13-6-4-7-14(12-13)35-21(24,25)26/h4,6-7,12,15H,3,5,8-11H2,1-2H3. The molecule has 14 heteroatoms. The minimum Gasteiger partial charge on any atom is -0.425 e. The number of ether oxygens (including phenoxy) is 3. The Morgan fingerprint density at radius 3 is 2.57 bits per heavy atom. The Bertz CT molecular complexity index is 1290. The smallest absolute Gasteiger partial charge is 0.425 e. The number of halogens is 5. The number of imidazole rings is 1. The minimum absolute atomic E-state index is 0.00732. The van der Waals surface area contributed by atoms with E-state index in [2.05, 4.69) is 25.7 Å². The van der Waals surface area contributed by atoms with E-state index in [4.69, 9.17) is 21.1 Å². The number of rotatable bonds is 11. The molecule has 35 heavy (non-hydrogen) atoms. The van der Waals surface area contributed by atoms with E-state index in [9.17, 15) is 22.8 Å². The molecule has 0 aliphatic carbocycles. The van der Waals surface area contributed by atoms with Crippen molar-refractivity contribution in [3.05, 3.63) is 45.1 Å². The number of aromatic nitrogens is 4. The summed E-state index contributed by atoms with van der Waals surface area (Å²) in [5, 5.41) is 0.604. The van der Waals surface area contributed by atoms with Crippen molar-refractivity contribution in [2.24, 2.45) is 7.05 Å². The minimum atomic E-state index is -4.88. The topological polar surface area (TPSA) is 89.5 Å². The monoisotopic (exact) mass is 582 g/mol. The molecule has 0 radical (unpaired) electrons. The molecular formula is C21H23BrClF3N4O5. The number of fused-ring (bicyclic) bond motifs is 1. The summed E-state index contributed by atoms with van der Waals surface area (Å²) < 4.78 is 56.4. The van der Waals surface area contributed by atoms with Gasteiger partial charge in [-0.05, 0) is 18.6 Å². The summed E-state index contributed by atoms with van der Waals surface area (Å²) in [6.45, 7) is 2.44. The third-order valence-corrected chi connectivity index (χ3v) is 5.62. The third kappa shape index (κ3) is 6.39. The second-order valence-corrected chi connectivity index (χ2v) is 8.68. The SMILES string of the molecule is CCCC(Cl)n1c(Oc2cccc(OC(F)(F)F)c2)nc2c1c(=O)n(CCOCCBr)c(=O)n2C. The van der Waals surface area contributed by atoms with E-state index < -0.39 is 28.9 Å². The summed E-state index contributed by atoms with van der Waals surface area (Å²) >= 11 is 9.82. The highest BCUT2D eigenvalue weighted by Crippen LogP contribution is 2.33. The van der Waals surface area contributed by atoms with Crippen LogP contribution >= 0.6 is 27.5 Å². The number of benzene rings is 1. The largest absolute Gasteiger partial charge is 0.573 e. The Morgan fingerprint density at radius 1 is 1.20 bits per heavy atom. The van der Waals surface area contributed by atoms with Crippen LogP contribution in [0, 0.1) is 0 Å². The van der Waals surface area contributed by atoms with Crippen molar-refractivity contribution < 1.29 is 27.4 Å². The van der Waals surface area contributed by atoms with Crippen molar-refractivity contribution >= 4 is 38.7 Å². The molecule has 3 rings (SSSR count). The predicted molar refractivity (Wildman–Crippen MR) is 127 cm³/mol. The van der Waals surface area contributed by atoms with Crippen LogP contribution in [0.4, 0.5) is 13.2 Å². The van der Waals surface area contributed by atoms with Gasteiger partial charge >= 0.3 is 18.1 Å². The summed E-state index contributed by atoms with van der Waals surface area (Å²) in [6.07, 6.45) is -3.80. The van der Waals surface area contributed by atoms with Crippen LogP contribution in [0.1, 0.15) is 25.3 Å². The van der Waals surface area contributed by atoms with E-state index in [1.54, 1.807) is 0 Å². The summed E-state index contributed by atoms with van der Waals surface area (Å²) in [5.74, 6) is -0.524. The van der Waals surface area contributed by atoms with Crippen LogP contribution in [-0.4, -0.2) is 43.6 Å². The molecule has 1 aromatic carbocycles. The van der Waals surface area contributed by atoms with Gasteiger partial charge < -0.3 is 14.2 Å². The molecule has 0 aliphatic rings. The number of hydrogen-bond donors (Lipinski definition) is 0. The van der Waals surface area contributed by atoms with E-state index in [-0.39, 0.29) is 36.1 Å². The summed E-state index contributed by atoms with van der Waals surface area (Å²) in [4.78, 5) is 30.5. The lowest BCUT2D eigenvalue weighted by Gasteiger charge is -2.16. The van der Waals surface area contributed by atoms with Gasteiger partial charge in [0.05, 0.1) is 19.8 Å². The molecule has 0 spiro atoms. The lowest BCUT2D eigenvalue weighted by atomic mass is 10.3. The molecule has 1 atom stereocenters. The first-order valence-electron chi connectivity index (χ1n) is 10.6. The second-order valence-electron chi connectivity index (χ2n) is 7.38. The van der Waals surface area contributed by atoms with E-state index in [1.165, 1.54) is 28.3 Å². The maximum atomic E-state index is 13.3. The van der Waals surface area contributed by atoms with Crippen molar-refractivity contribution in [1.29, 1.82) is 0 Å². The average molecular weight is 584 g/mol. The van der Waals surface area contributed by atoms with E-state index in [0.717, 1.165) is 16.7 Å². The molecule has 0 amide bonds. The van der Waals surface area contributed by atoms with Crippen LogP contribution in [-0.2, 0) is 18.3 Å². The zero-order valence-corrected chi connectivity index (χ0v) is 21.2. The number of hydrogen-bond acceptors (Lipinski definition) is 6. The fourth-order valence-corrected chi connectivity index (χ4v) is 4.00. The molecule has 3 aromatic rings. The van der Waals surface area contributed by atoms with Gasteiger partial charge in [-0.15, -0.1) is 13.2 Å². The van der Waals surface area contributed by atoms with Gasteiger partial charge in [0.25, 0.3) is 5.56 Å². The zero-order chi connectivity index (χ0) is 25.8. The highest BCUT2D eigenvalue weighted by molar-refractivity contribution is 9.09. The van der Waals surface area contributed by atoms with Crippen LogP contribution in [0.15, 0.2) is 33.9 Å². The fourth-order valence-electron chi connectivity index (χ4n) is 3.37. The maximum Gasteiger partial charge on any atom is 0.573 e. The molecule has 9 nitrogen and oxygen atoms in total. The fraction of sp³-hybridized carbons (Fsp3) is 0.476. The van der Waals surface area contributed by atoms with Gasteiger partial charge in [-0.2, -0.15) is 4.98 Å². The summed E-state index contributed by atoms with van der Waals surface area (Å²) in [7, 11) is 1.45. The molecule has 2 aromatic heterocycles. The molecule has 0 bridgehead atoms. The van der Waals surface area contributed by atoms with Gasteiger partial charge in [0.15, 0.2) is 11.2 Å². The quantitative estimate of drug-likeness (QED) is 0.243. The van der Waals surface area contributed by atoms with Gasteiger partial charge in [0.2, 0.25) is 0 Å². The molecule has 0 saturated carbocycles. The van der Waals surface area contributed by atoms with Crippen molar-refractivity contribution in [3.8, 4) is 17.5 Å². The Hall–Kier alpha value is -2.51. The first kappa shape index (κ1) is 27.1. The highest BCUT2D eigenvalue weighted by atomic mass is 79.9. The van der Waals surface area contributed by atoms with Gasteiger partial charge in [0.1, 0.15) is 17.0 Å². The lowest BCUT2D eigenvalue weighted by molar-refractivity contribution is -0.274. The van der Waals surface area contributed by atoms with Crippen molar-refractivity contribution in [2.75, 3.05) is 18.5 Å². The number of nitrogens with zero attached hydrogens (tertiary/aromatic N) is 4. The van der Waals surface area contributed by atoms with Gasteiger partial charge in [-0.1, -0.05) is 46.9 Å². The van der Waals surface area contributed by atoms with Gasteiger partial charge in [0, 0.05) is 18.4 Å². The Morgan fingerprint density at radius 2 is 1.91 bits per heavy atom. The second kappa shape index (κ2) is 11.5. The Balaban J connectivity index is 2.12. The van der Waals surface area contributed by atoms with E-state index in [1.807, 2.05) is 6.92 Å². The van der Waals surface area contributed by atoms with Crippen molar-refractivity contribution in [1.82, 2.24) is 18.7 Å². The first-order valence-corrected chi connectivity index (χ1v) is 12.2. The van der Waals surface area contributed by atoms with Gasteiger partial charge in [-0.3, -0.25) is 18.5 Å². The molecule has 0 saturated heterocycles. The third-order valence-electron chi connectivity index (χ3n) is 4.88. The lowest BCUT2D eigenvalue weighted by Crippen LogP contribution is -2.40. The normalized spacial score (nSPS) is 12.8. The number of alkyl halides is 5. The zero-order valence-electron chi connectivity index (χ0n) is 18.8. The van der Waals surface area contributed by atoms with Crippen molar-refractivity contribution in [3.63, 3.8) is 0 Å². The van der Waals surface area contributed by atoms with Crippen LogP contribution in [0.2, 0.25) is 0 Å². The average Bonchev–Trinajstić information content (AvgIpc) is 3.16. The van der Waals surface area contributed by atoms with Crippen LogP contribution in [0.5, 0.6) is 17.5 Å². The van der Waals surface area contributed by atoms with Crippen LogP contribution < -0.4 is 20.7 Å². The van der Waals surface area contributed by atoms with Crippen LogP contribution in [0.3, 0.4) is 0 Å². The maximum absolute atomic E-state index is 13.3. The Kier molecular flexibility index (Phi) is 8.89. The molecule has 2 heterocycles. The Labute approximate surface area is 211 Å². The molecule has 0 aliphatic heterocycles. The molecule has 0 N–H and O–H groups in total. The highest BCUT2D eigenvalue weighted by Gasteiger charge is 2.31. The van der Waals surface area contributed by atoms with E-state index >= 15 is 0 Å².